The van der Waals surface area contributed by atoms with E-state index >= 15 is 0 Å². The zero-order chi connectivity index (χ0) is 18.0. The fourth-order valence-corrected chi connectivity index (χ4v) is 2.75. The van der Waals surface area contributed by atoms with Gasteiger partial charge in [0.05, 0.1) is 17.2 Å². The molecule has 6 nitrogen and oxygen atoms in total. The van der Waals surface area contributed by atoms with E-state index in [1.54, 1.807) is 18.2 Å². The van der Waals surface area contributed by atoms with Gasteiger partial charge in [-0.1, -0.05) is 35.9 Å². The fraction of sp³-hybridized carbons (Fsp3) is 0.158. The van der Waals surface area contributed by atoms with Gasteiger partial charge in [-0.15, -0.1) is 0 Å². The van der Waals surface area contributed by atoms with Crippen LogP contribution in [0.15, 0.2) is 59.4 Å². The van der Waals surface area contributed by atoms with Crippen molar-refractivity contribution < 1.29 is 4.92 Å². The monoisotopic (exact) mass is 335 g/mol. The number of nitro groups is 1. The molecule has 3 rings (SSSR count). The van der Waals surface area contributed by atoms with Gasteiger partial charge in [0.25, 0.3) is 11.2 Å². The lowest BCUT2D eigenvalue weighted by molar-refractivity contribution is -0.384. The molecule has 0 saturated carbocycles. The Morgan fingerprint density at radius 2 is 1.88 bits per heavy atom. The van der Waals surface area contributed by atoms with Crippen molar-refractivity contribution in [1.82, 2.24) is 9.78 Å². The molecule has 0 unspecified atom stereocenters. The van der Waals surface area contributed by atoms with Crippen molar-refractivity contribution in [3.8, 4) is 11.3 Å². The van der Waals surface area contributed by atoms with Gasteiger partial charge in [-0.05, 0) is 31.0 Å². The summed E-state index contributed by atoms with van der Waals surface area (Å²) < 4.78 is 1.33. The van der Waals surface area contributed by atoms with E-state index in [0.717, 1.165) is 16.7 Å². The molecule has 0 atom stereocenters. The third-order valence-electron chi connectivity index (χ3n) is 3.98. The number of aryl methyl sites for hydroxylation is 2. The number of hydrogen-bond donors (Lipinski definition) is 0. The molecule has 0 bridgehead atoms. The average molecular weight is 335 g/mol. The SMILES string of the molecule is Cc1ccc(-c2ccc(=O)n(Cc3cccc([N+](=O)[O-])c3)n2)c(C)c1. The van der Waals surface area contributed by atoms with Gasteiger partial charge in [-0.3, -0.25) is 14.9 Å². The van der Waals surface area contributed by atoms with Crippen molar-refractivity contribution in [2.45, 2.75) is 20.4 Å². The molecule has 6 heteroatoms. The second-order valence-corrected chi connectivity index (χ2v) is 5.96. The summed E-state index contributed by atoms with van der Waals surface area (Å²) in [4.78, 5) is 22.6. The molecule has 0 saturated heterocycles. The number of hydrogen-bond acceptors (Lipinski definition) is 4. The highest BCUT2D eigenvalue weighted by Crippen LogP contribution is 2.21. The molecule has 3 aromatic rings. The van der Waals surface area contributed by atoms with Crippen LogP contribution >= 0.6 is 0 Å². The van der Waals surface area contributed by atoms with E-state index in [0.29, 0.717) is 11.3 Å². The predicted octanol–water partition coefficient (Wildman–Crippen LogP) is 3.48. The van der Waals surface area contributed by atoms with Crippen LogP contribution in [0.3, 0.4) is 0 Å². The molecule has 0 aliphatic carbocycles. The van der Waals surface area contributed by atoms with Gasteiger partial charge in [0, 0.05) is 23.8 Å². The van der Waals surface area contributed by atoms with E-state index in [2.05, 4.69) is 11.2 Å². The largest absolute Gasteiger partial charge is 0.269 e. The number of non-ortho nitro benzene ring substituents is 1. The van der Waals surface area contributed by atoms with Gasteiger partial charge in [0.1, 0.15) is 0 Å². The highest BCUT2D eigenvalue weighted by atomic mass is 16.6. The van der Waals surface area contributed by atoms with Crippen LogP contribution in [0.1, 0.15) is 16.7 Å². The van der Waals surface area contributed by atoms with E-state index < -0.39 is 4.92 Å². The average Bonchev–Trinajstić information content (AvgIpc) is 2.57. The van der Waals surface area contributed by atoms with Gasteiger partial charge >= 0.3 is 0 Å². The molecular weight excluding hydrogens is 318 g/mol. The molecular formula is C19H17N3O3. The molecule has 1 aromatic heterocycles. The lowest BCUT2D eigenvalue weighted by Gasteiger charge is -2.10. The minimum Gasteiger partial charge on any atom is -0.268 e. The molecule has 25 heavy (non-hydrogen) atoms. The number of benzene rings is 2. The second kappa shape index (κ2) is 6.68. The van der Waals surface area contributed by atoms with Gasteiger partial charge in [-0.2, -0.15) is 5.10 Å². The van der Waals surface area contributed by atoms with E-state index in [9.17, 15) is 14.9 Å². The van der Waals surface area contributed by atoms with Crippen LogP contribution < -0.4 is 5.56 Å². The van der Waals surface area contributed by atoms with E-state index in [1.165, 1.54) is 22.9 Å². The summed E-state index contributed by atoms with van der Waals surface area (Å²) in [7, 11) is 0. The summed E-state index contributed by atoms with van der Waals surface area (Å²) >= 11 is 0. The Morgan fingerprint density at radius 3 is 2.60 bits per heavy atom. The summed E-state index contributed by atoms with van der Waals surface area (Å²) in [6.45, 7) is 4.20. The third kappa shape index (κ3) is 3.63. The standard InChI is InChI=1S/C19H17N3O3/c1-13-6-7-17(14(2)10-13)18-8-9-19(23)21(20-18)12-15-4-3-5-16(11-15)22(24)25/h3-11H,12H2,1-2H3. The van der Waals surface area contributed by atoms with Crippen LogP contribution in [0.5, 0.6) is 0 Å². The Balaban J connectivity index is 1.99. The van der Waals surface area contributed by atoms with Crippen LogP contribution in [0, 0.1) is 24.0 Å². The summed E-state index contributed by atoms with van der Waals surface area (Å²) in [5, 5.41) is 15.3. The van der Waals surface area contributed by atoms with E-state index in [1.807, 2.05) is 26.0 Å². The van der Waals surface area contributed by atoms with Crippen molar-refractivity contribution in [2.24, 2.45) is 0 Å². The Hall–Kier alpha value is -3.28. The zero-order valence-corrected chi connectivity index (χ0v) is 14.0. The van der Waals surface area contributed by atoms with Crippen molar-refractivity contribution >= 4 is 5.69 Å². The van der Waals surface area contributed by atoms with Gasteiger partial charge in [-0.25, -0.2) is 4.68 Å². The summed E-state index contributed by atoms with van der Waals surface area (Å²) in [5.41, 5.74) is 4.29. The minimum absolute atomic E-state index is 0.00363. The Kier molecular flexibility index (Phi) is 4.43. The Bertz CT molecular complexity index is 1010. The summed E-state index contributed by atoms with van der Waals surface area (Å²) in [6, 6.07) is 15.4. The van der Waals surface area contributed by atoms with Gasteiger partial charge in [0.2, 0.25) is 0 Å². The molecule has 1 heterocycles. The molecule has 0 radical (unpaired) electrons. The second-order valence-electron chi connectivity index (χ2n) is 5.96. The topological polar surface area (TPSA) is 78.0 Å². The normalized spacial score (nSPS) is 10.6. The zero-order valence-electron chi connectivity index (χ0n) is 14.0. The first-order valence-electron chi connectivity index (χ1n) is 7.83. The number of nitro benzene ring substituents is 1. The van der Waals surface area contributed by atoms with Crippen molar-refractivity contribution in [2.75, 3.05) is 0 Å². The van der Waals surface area contributed by atoms with Crippen LogP contribution in [0.2, 0.25) is 0 Å². The highest BCUT2D eigenvalue weighted by Gasteiger charge is 2.09. The predicted molar refractivity (Wildman–Crippen MR) is 95.6 cm³/mol. The maximum Gasteiger partial charge on any atom is 0.269 e. The quantitative estimate of drug-likeness (QED) is 0.540. The minimum atomic E-state index is -0.453. The van der Waals surface area contributed by atoms with Crippen LogP contribution in [0.25, 0.3) is 11.3 Å². The van der Waals surface area contributed by atoms with Crippen LogP contribution in [-0.2, 0) is 6.54 Å². The summed E-state index contributed by atoms with van der Waals surface area (Å²) in [5.74, 6) is 0. The third-order valence-corrected chi connectivity index (χ3v) is 3.98. The molecule has 126 valence electrons. The Morgan fingerprint density at radius 1 is 1.08 bits per heavy atom. The van der Waals surface area contributed by atoms with Crippen molar-refractivity contribution in [1.29, 1.82) is 0 Å². The molecule has 0 aliphatic rings. The van der Waals surface area contributed by atoms with E-state index in [4.69, 9.17) is 0 Å². The van der Waals surface area contributed by atoms with Crippen LogP contribution in [0.4, 0.5) is 5.69 Å². The van der Waals surface area contributed by atoms with E-state index in [-0.39, 0.29) is 17.8 Å². The number of rotatable bonds is 4. The molecule has 0 aliphatic heterocycles. The first-order valence-corrected chi connectivity index (χ1v) is 7.83. The fourth-order valence-electron chi connectivity index (χ4n) is 2.75. The number of aromatic nitrogens is 2. The smallest absolute Gasteiger partial charge is 0.268 e. The van der Waals surface area contributed by atoms with Crippen LogP contribution in [-0.4, -0.2) is 14.7 Å². The Labute approximate surface area is 144 Å². The van der Waals surface area contributed by atoms with Gasteiger partial charge in [0.15, 0.2) is 0 Å². The first-order chi connectivity index (χ1) is 11.9. The van der Waals surface area contributed by atoms with Gasteiger partial charge < -0.3 is 0 Å². The maximum atomic E-state index is 12.1. The summed E-state index contributed by atoms with van der Waals surface area (Å²) in [6.07, 6.45) is 0. The maximum absolute atomic E-state index is 12.1. The molecule has 0 amide bonds. The molecule has 2 aromatic carbocycles. The van der Waals surface area contributed by atoms with Crippen molar-refractivity contribution in [3.63, 3.8) is 0 Å². The highest BCUT2D eigenvalue weighted by molar-refractivity contribution is 5.63. The number of nitrogens with zero attached hydrogens (tertiary/aromatic N) is 3. The first kappa shape index (κ1) is 16.6. The lowest BCUT2D eigenvalue weighted by atomic mass is 10.0. The van der Waals surface area contributed by atoms with Crippen molar-refractivity contribution in [3.05, 3.63) is 91.8 Å². The molecule has 0 fully saturated rings. The molecule has 0 spiro atoms. The molecule has 0 N–H and O–H groups in total. The lowest BCUT2D eigenvalue weighted by Crippen LogP contribution is -2.23.